The highest BCUT2D eigenvalue weighted by molar-refractivity contribution is 7.16. The van der Waals surface area contributed by atoms with E-state index < -0.39 is 5.97 Å². The highest BCUT2D eigenvalue weighted by Gasteiger charge is 2.19. The quantitative estimate of drug-likeness (QED) is 0.525. The topological polar surface area (TPSA) is 86.7 Å². The zero-order chi connectivity index (χ0) is 17.6. The van der Waals surface area contributed by atoms with Gasteiger partial charge in [0.2, 0.25) is 10.7 Å². The minimum absolute atomic E-state index is 0.0537. The molecule has 126 valence electrons. The summed E-state index contributed by atoms with van der Waals surface area (Å²) in [7, 11) is 0. The molecule has 0 saturated heterocycles. The molecule has 0 bridgehead atoms. The molecule has 0 spiro atoms. The van der Waals surface area contributed by atoms with Crippen LogP contribution in [0.1, 0.15) is 26.8 Å². The van der Waals surface area contributed by atoms with Gasteiger partial charge in [0.05, 0.1) is 0 Å². The number of esters is 1. The fraction of sp³-hybridized carbons (Fsp3) is 0.176. The van der Waals surface area contributed by atoms with Crippen LogP contribution in [-0.2, 0) is 11.3 Å². The third-order valence-corrected chi connectivity index (χ3v) is 4.65. The van der Waals surface area contributed by atoms with Crippen molar-refractivity contribution in [3.63, 3.8) is 0 Å². The Labute approximate surface area is 145 Å². The normalized spacial score (nSPS) is 11.3. The molecular weight excluding hydrogens is 342 g/mol. The Balaban J connectivity index is 1.58. The van der Waals surface area contributed by atoms with E-state index >= 15 is 0 Å². The molecule has 25 heavy (non-hydrogen) atoms. The molecule has 0 amide bonds. The Kier molecular flexibility index (Phi) is 3.61. The van der Waals surface area contributed by atoms with E-state index in [1.165, 1.54) is 21.9 Å². The lowest BCUT2D eigenvalue weighted by Crippen LogP contribution is -2.14. The number of benzene rings is 1. The number of furan rings is 1. The summed E-state index contributed by atoms with van der Waals surface area (Å²) in [6, 6.07) is 8.81. The number of fused-ring (bicyclic) bond motifs is 2. The predicted molar refractivity (Wildman–Crippen MR) is 91.9 cm³/mol. The molecule has 0 radical (unpaired) electrons. The third kappa shape index (κ3) is 2.70. The number of hydrogen-bond donors (Lipinski definition) is 0. The first-order chi connectivity index (χ1) is 12.0. The highest BCUT2D eigenvalue weighted by Crippen LogP contribution is 2.25. The number of carbonyl (C=O) groups excluding carboxylic acids is 1. The van der Waals surface area contributed by atoms with Crippen molar-refractivity contribution in [3.8, 4) is 0 Å². The minimum Gasteiger partial charge on any atom is -0.452 e. The van der Waals surface area contributed by atoms with Gasteiger partial charge in [0.25, 0.3) is 5.56 Å². The van der Waals surface area contributed by atoms with Gasteiger partial charge in [-0.15, -0.1) is 0 Å². The van der Waals surface area contributed by atoms with Crippen LogP contribution in [-0.4, -0.2) is 20.6 Å². The summed E-state index contributed by atoms with van der Waals surface area (Å²) in [5.74, 6) is -0.391. The van der Waals surface area contributed by atoms with E-state index in [-0.39, 0.29) is 17.9 Å². The van der Waals surface area contributed by atoms with E-state index in [2.05, 4.69) is 10.1 Å². The van der Waals surface area contributed by atoms with Crippen LogP contribution in [0.15, 0.2) is 39.5 Å². The number of hydrogen-bond acceptors (Lipinski definition) is 7. The second kappa shape index (κ2) is 5.82. The van der Waals surface area contributed by atoms with Crippen LogP contribution in [0.25, 0.3) is 15.9 Å². The van der Waals surface area contributed by atoms with Crippen molar-refractivity contribution >= 4 is 33.2 Å². The summed E-state index contributed by atoms with van der Waals surface area (Å²) < 4.78 is 12.1. The SMILES string of the molecule is Cc1cc(=O)n2nc(COC(=O)c3oc4ccccc4c3C)sc2n1. The second-order valence-electron chi connectivity index (χ2n) is 5.55. The van der Waals surface area contributed by atoms with Crippen molar-refractivity contribution in [1.29, 1.82) is 0 Å². The van der Waals surface area contributed by atoms with Crippen molar-refractivity contribution in [3.05, 3.63) is 62.7 Å². The lowest BCUT2D eigenvalue weighted by molar-refractivity contribution is 0.0436. The zero-order valence-electron chi connectivity index (χ0n) is 13.5. The van der Waals surface area contributed by atoms with Gasteiger partial charge in [-0.2, -0.15) is 9.61 Å². The zero-order valence-corrected chi connectivity index (χ0v) is 14.3. The molecule has 8 heteroatoms. The summed E-state index contributed by atoms with van der Waals surface area (Å²) in [6.07, 6.45) is 0. The fourth-order valence-corrected chi connectivity index (χ4v) is 3.44. The van der Waals surface area contributed by atoms with E-state index in [0.29, 0.717) is 21.2 Å². The lowest BCUT2D eigenvalue weighted by atomic mass is 10.1. The summed E-state index contributed by atoms with van der Waals surface area (Å²) in [4.78, 5) is 28.9. The lowest BCUT2D eigenvalue weighted by Gasteiger charge is -2.00. The molecule has 0 fully saturated rings. The number of aromatic nitrogens is 3. The van der Waals surface area contributed by atoms with Crippen LogP contribution < -0.4 is 5.56 Å². The maximum absolute atomic E-state index is 12.3. The first-order valence-electron chi connectivity index (χ1n) is 7.54. The first kappa shape index (κ1) is 15.5. The van der Waals surface area contributed by atoms with Crippen LogP contribution in [0, 0.1) is 13.8 Å². The Morgan fingerprint density at radius 1 is 1.32 bits per heavy atom. The molecule has 3 aromatic heterocycles. The summed E-state index contributed by atoms with van der Waals surface area (Å²) in [6.45, 7) is 3.50. The maximum atomic E-state index is 12.3. The first-order valence-corrected chi connectivity index (χ1v) is 8.36. The molecule has 4 rings (SSSR count). The van der Waals surface area contributed by atoms with Gasteiger partial charge in [-0.3, -0.25) is 4.79 Å². The van der Waals surface area contributed by atoms with Crippen LogP contribution in [0.5, 0.6) is 0 Å². The van der Waals surface area contributed by atoms with E-state index in [1.54, 1.807) is 13.0 Å². The number of aryl methyl sites for hydroxylation is 2. The molecule has 0 N–H and O–H groups in total. The van der Waals surface area contributed by atoms with E-state index in [9.17, 15) is 9.59 Å². The number of nitrogens with zero attached hydrogens (tertiary/aromatic N) is 3. The van der Waals surface area contributed by atoms with Crippen LogP contribution in [0.4, 0.5) is 0 Å². The van der Waals surface area contributed by atoms with Crippen LogP contribution >= 0.6 is 11.3 Å². The smallest absolute Gasteiger partial charge is 0.374 e. The Morgan fingerprint density at radius 3 is 2.92 bits per heavy atom. The fourth-order valence-electron chi connectivity index (χ4n) is 2.58. The molecule has 3 heterocycles. The summed E-state index contributed by atoms with van der Waals surface area (Å²) in [5.41, 5.74) is 1.73. The predicted octanol–water partition coefficient (Wildman–Crippen LogP) is 2.87. The number of carbonyl (C=O) groups is 1. The Morgan fingerprint density at radius 2 is 2.12 bits per heavy atom. The minimum atomic E-state index is -0.565. The van der Waals surface area contributed by atoms with Gasteiger partial charge in [-0.25, -0.2) is 9.78 Å². The van der Waals surface area contributed by atoms with Crippen molar-refractivity contribution in [1.82, 2.24) is 14.6 Å². The van der Waals surface area contributed by atoms with Gasteiger partial charge in [0.15, 0.2) is 5.01 Å². The van der Waals surface area contributed by atoms with E-state index in [1.807, 2.05) is 25.1 Å². The van der Waals surface area contributed by atoms with Gasteiger partial charge >= 0.3 is 5.97 Å². The van der Waals surface area contributed by atoms with Crippen molar-refractivity contribution < 1.29 is 13.9 Å². The summed E-state index contributed by atoms with van der Waals surface area (Å²) in [5, 5.41) is 5.50. The average molecular weight is 355 g/mol. The van der Waals surface area contributed by atoms with E-state index in [0.717, 1.165) is 10.9 Å². The van der Waals surface area contributed by atoms with Crippen LogP contribution in [0.3, 0.4) is 0 Å². The van der Waals surface area contributed by atoms with Crippen molar-refractivity contribution in [2.75, 3.05) is 0 Å². The molecular formula is C17H13N3O4S. The molecule has 0 atom stereocenters. The van der Waals surface area contributed by atoms with Gasteiger partial charge in [-0.1, -0.05) is 29.5 Å². The van der Waals surface area contributed by atoms with Gasteiger partial charge in [-0.05, 0) is 19.9 Å². The molecule has 4 aromatic rings. The third-order valence-electron chi connectivity index (χ3n) is 3.77. The molecule has 0 saturated carbocycles. The monoisotopic (exact) mass is 355 g/mol. The molecule has 0 aliphatic rings. The second-order valence-corrected chi connectivity index (χ2v) is 6.59. The Bertz CT molecular complexity index is 1170. The maximum Gasteiger partial charge on any atom is 0.374 e. The van der Waals surface area contributed by atoms with Gasteiger partial charge in [0, 0.05) is 22.7 Å². The number of ether oxygens (including phenoxy) is 1. The molecule has 0 unspecified atom stereocenters. The number of para-hydroxylation sites is 1. The highest BCUT2D eigenvalue weighted by atomic mass is 32.1. The molecule has 7 nitrogen and oxygen atoms in total. The largest absolute Gasteiger partial charge is 0.452 e. The van der Waals surface area contributed by atoms with Crippen molar-refractivity contribution in [2.24, 2.45) is 0 Å². The molecule has 1 aromatic carbocycles. The molecule has 0 aliphatic carbocycles. The summed E-state index contributed by atoms with van der Waals surface area (Å²) >= 11 is 1.20. The Hall–Kier alpha value is -3.00. The van der Waals surface area contributed by atoms with Crippen LogP contribution in [0.2, 0.25) is 0 Å². The van der Waals surface area contributed by atoms with E-state index in [4.69, 9.17) is 9.15 Å². The average Bonchev–Trinajstić information content (AvgIpc) is 3.14. The van der Waals surface area contributed by atoms with Gasteiger partial charge < -0.3 is 9.15 Å². The standard InChI is InChI=1S/C17H13N3O4S/c1-9-7-14(21)20-17(18-9)25-13(19-20)8-23-16(22)15-10(2)11-5-3-4-6-12(11)24-15/h3-7H,8H2,1-2H3. The molecule has 0 aliphatic heterocycles. The number of rotatable bonds is 3. The van der Waals surface area contributed by atoms with Crippen molar-refractivity contribution in [2.45, 2.75) is 20.5 Å². The van der Waals surface area contributed by atoms with Gasteiger partial charge in [0.1, 0.15) is 12.2 Å².